The topological polar surface area (TPSA) is 73.9 Å². The van der Waals surface area contributed by atoms with Gasteiger partial charge in [0.2, 0.25) is 5.88 Å². The first kappa shape index (κ1) is 10.5. The molecule has 2 aromatic heterocycles. The van der Waals surface area contributed by atoms with E-state index in [-0.39, 0.29) is 0 Å². The van der Waals surface area contributed by atoms with E-state index in [0.717, 1.165) is 10.9 Å². The maximum Gasteiger partial charge on any atom is 0.238 e. The van der Waals surface area contributed by atoms with Crippen LogP contribution < -0.4 is 10.5 Å². The molecule has 5 nitrogen and oxygen atoms in total. The first-order valence-electron chi connectivity index (χ1n) is 5.43. The molecular weight excluding hydrogens is 228 g/mol. The number of pyridine rings is 1. The average Bonchev–Trinajstić information content (AvgIpc) is 2.44. The van der Waals surface area contributed by atoms with Crippen LogP contribution >= 0.6 is 0 Å². The van der Waals surface area contributed by atoms with Gasteiger partial charge in [-0.25, -0.2) is 0 Å². The lowest BCUT2D eigenvalue weighted by molar-refractivity contribution is 0.460. The smallest absolute Gasteiger partial charge is 0.238 e. The van der Waals surface area contributed by atoms with E-state index in [4.69, 9.17) is 10.5 Å². The molecule has 0 amide bonds. The molecule has 3 rings (SSSR count). The number of fused-ring (bicyclic) bond motifs is 1. The van der Waals surface area contributed by atoms with Crippen molar-refractivity contribution in [2.45, 2.75) is 0 Å². The van der Waals surface area contributed by atoms with E-state index in [0.29, 0.717) is 17.3 Å². The van der Waals surface area contributed by atoms with Gasteiger partial charge in [-0.2, -0.15) is 5.10 Å². The average molecular weight is 238 g/mol. The Morgan fingerprint density at radius 2 is 1.89 bits per heavy atom. The molecule has 18 heavy (non-hydrogen) atoms. The van der Waals surface area contributed by atoms with Crippen LogP contribution in [0.3, 0.4) is 0 Å². The Bertz CT molecular complexity index is 685. The number of rotatable bonds is 2. The first-order valence-corrected chi connectivity index (χ1v) is 5.43. The van der Waals surface area contributed by atoms with E-state index in [1.165, 1.54) is 0 Å². The van der Waals surface area contributed by atoms with Gasteiger partial charge in [-0.1, -0.05) is 0 Å². The van der Waals surface area contributed by atoms with Crippen LogP contribution in [0.2, 0.25) is 0 Å². The Hall–Kier alpha value is -2.69. The van der Waals surface area contributed by atoms with Crippen molar-refractivity contribution in [2.24, 2.45) is 0 Å². The number of anilines is 1. The highest BCUT2D eigenvalue weighted by atomic mass is 16.5. The number of benzene rings is 1. The zero-order valence-corrected chi connectivity index (χ0v) is 9.45. The molecule has 0 aliphatic heterocycles. The fraction of sp³-hybridized carbons (Fsp3) is 0. The molecule has 0 saturated heterocycles. The molecule has 0 bridgehead atoms. The van der Waals surface area contributed by atoms with Crippen molar-refractivity contribution in [3.8, 4) is 11.6 Å². The van der Waals surface area contributed by atoms with Crippen LogP contribution in [0.5, 0.6) is 11.6 Å². The van der Waals surface area contributed by atoms with Gasteiger partial charge in [0.05, 0.1) is 11.2 Å². The van der Waals surface area contributed by atoms with Gasteiger partial charge in [-0.3, -0.25) is 4.98 Å². The quantitative estimate of drug-likeness (QED) is 0.694. The minimum Gasteiger partial charge on any atom is -0.437 e. The summed E-state index contributed by atoms with van der Waals surface area (Å²) in [5, 5.41) is 8.49. The molecule has 88 valence electrons. The summed E-state index contributed by atoms with van der Waals surface area (Å²) in [5.74, 6) is 1.10. The Morgan fingerprint density at radius 1 is 1.00 bits per heavy atom. The molecule has 0 spiro atoms. The van der Waals surface area contributed by atoms with Crippen molar-refractivity contribution in [3.05, 3.63) is 48.8 Å². The normalized spacial score (nSPS) is 10.4. The molecule has 0 unspecified atom stereocenters. The maximum absolute atomic E-state index is 5.87. The van der Waals surface area contributed by atoms with Gasteiger partial charge in [0.15, 0.2) is 0 Å². The second-order valence-electron chi connectivity index (χ2n) is 3.72. The van der Waals surface area contributed by atoms with Gasteiger partial charge < -0.3 is 10.5 Å². The summed E-state index contributed by atoms with van der Waals surface area (Å²) in [7, 11) is 0. The number of hydrogen-bond donors (Lipinski definition) is 1. The van der Waals surface area contributed by atoms with Crippen molar-refractivity contribution in [1.29, 1.82) is 0 Å². The van der Waals surface area contributed by atoms with Crippen molar-refractivity contribution >= 4 is 16.6 Å². The van der Waals surface area contributed by atoms with Gasteiger partial charge >= 0.3 is 0 Å². The van der Waals surface area contributed by atoms with E-state index in [9.17, 15) is 0 Å². The second-order valence-corrected chi connectivity index (χ2v) is 3.72. The van der Waals surface area contributed by atoms with Crippen LogP contribution in [-0.4, -0.2) is 15.2 Å². The summed E-state index contributed by atoms with van der Waals surface area (Å²) < 4.78 is 5.68. The highest BCUT2D eigenvalue weighted by molar-refractivity contribution is 5.93. The van der Waals surface area contributed by atoms with Gasteiger partial charge in [0, 0.05) is 23.8 Å². The minimum atomic E-state index is 0.437. The predicted octanol–water partition coefficient (Wildman–Crippen LogP) is 2.40. The number of nitrogen functional groups attached to an aromatic ring is 1. The van der Waals surface area contributed by atoms with Crippen LogP contribution in [0.1, 0.15) is 0 Å². The SMILES string of the molecule is Nc1ccc(Oc2cccnn2)c2cccnc12. The summed E-state index contributed by atoms with van der Waals surface area (Å²) in [4.78, 5) is 4.24. The van der Waals surface area contributed by atoms with E-state index in [2.05, 4.69) is 15.2 Å². The van der Waals surface area contributed by atoms with E-state index < -0.39 is 0 Å². The Balaban J connectivity index is 2.10. The number of nitrogens with two attached hydrogens (primary N) is 1. The highest BCUT2D eigenvalue weighted by Crippen LogP contribution is 2.30. The van der Waals surface area contributed by atoms with Crippen molar-refractivity contribution in [2.75, 3.05) is 5.73 Å². The van der Waals surface area contributed by atoms with Gasteiger partial charge in [-0.15, -0.1) is 5.10 Å². The fourth-order valence-electron chi connectivity index (χ4n) is 1.71. The Labute approximate surface area is 103 Å². The number of hydrogen-bond acceptors (Lipinski definition) is 5. The lowest BCUT2D eigenvalue weighted by Gasteiger charge is -2.08. The Morgan fingerprint density at radius 3 is 2.72 bits per heavy atom. The van der Waals surface area contributed by atoms with Crippen LogP contribution in [-0.2, 0) is 0 Å². The molecule has 0 saturated carbocycles. The third-order valence-electron chi connectivity index (χ3n) is 2.52. The largest absolute Gasteiger partial charge is 0.437 e. The van der Waals surface area contributed by atoms with Crippen LogP contribution in [0.25, 0.3) is 10.9 Å². The Kier molecular flexibility index (Phi) is 2.49. The summed E-state index contributed by atoms with van der Waals surface area (Å²) in [6.07, 6.45) is 3.29. The number of ether oxygens (including phenoxy) is 1. The monoisotopic (exact) mass is 238 g/mol. The standard InChI is InChI=1S/C13H10N4O/c14-10-5-6-11(9-3-1-7-15-13(9)10)18-12-4-2-8-16-17-12/h1-8H,14H2. The van der Waals surface area contributed by atoms with Crippen molar-refractivity contribution in [1.82, 2.24) is 15.2 Å². The van der Waals surface area contributed by atoms with Crippen molar-refractivity contribution < 1.29 is 4.74 Å². The molecule has 0 atom stereocenters. The van der Waals surface area contributed by atoms with Crippen LogP contribution in [0.15, 0.2) is 48.8 Å². The summed E-state index contributed by atoms with van der Waals surface area (Å²) in [6.45, 7) is 0. The zero-order valence-electron chi connectivity index (χ0n) is 9.45. The molecule has 0 radical (unpaired) electrons. The first-order chi connectivity index (χ1) is 8.84. The van der Waals surface area contributed by atoms with Gasteiger partial charge in [-0.05, 0) is 30.3 Å². The second kappa shape index (κ2) is 4.29. The van der Waals surface area contributed by atoms with Gasteiger partial charge in [0.1, 0.15) is 5.75 Å². The molecular formula is C13H10N4O. The number of nitrogens with zero attached hydrogens (tertiary/aromatic N) is 3. The summed E-state index contributed by atoms with van der Waals surface area (Å²) in [6, 6.07) is 10.8. The molecule has 2 N–H and O–H groups in total. The van der Waals surface area contributed by atoms with E-state index in [1.54, 1.807) is 36.7 Å². The van der Waals surface area contributed by atoms with Crippen molar-refractivity contribution in [3.63, 3.8) is 0 Å². The summed E-state index contributed by atoms with van der Waals surface area (Å²) in [5.41, 5.74) is 7.22. The molecule has 0 aliphatic carbocycles. The molecule has 0 fully saturated rings. The van der Waals surface area contributed by atoms with Crippen LogP contribution in [0, 0.1) is 0 Å². The van der Waals surface area contributed by atoms with Crippen LogP contribution in [0.4, 0.5) is 5.69 Å². The minimum absolute atomic E-state index is 0.437. The molecule has 5 heteroatoms. The molecule has 2 heterocycles. The third-order valence-corrected chi connectivity index (χ3v) is 2.52. The lowest BCUT2D eigenvalue weighted by atomic mass is 10.2. The molecule has 3 aromatic rings. The van der Waals surface area contributed by atoms with E-state index in [1.807, 2.05) is 12.1 Å². The third kappa shape index (κ3) is 1.82. The summed E-state index contributed by atoms with van der Waals surface area (Å²) >= 11 is 0. The van der Waals surface area contributed by atoms with Gasteiger partial charge in [0.25, 0.3) is 0 Å². The predicted molar refractivity (Wildman–Crippen MR) is 68.3 cm³/mol. The molecule has 1 aromatic carbocycles. The maximum atomic E-state index is 5.87. The van der Waals surface area contributed by atoms with E-state index >= 15 is 0 Å². The lowest BCUT2D eigenvalue weighted by Crippen LogP contribution is -1.94. The highest BCUT2D eigenvalue weighted by Gasteiger charge is 2.07. The zero-order chi connectivity index (χ0) is 12.4. The fourth-order valence-corrected chi connectivity index (χ4v) is 1.71. The molecule has 0 aliphatic rings. The number of aromatic nitrogens is 3.